The summed E-state index contributed by atoms with van der Waals surface area (Å²) in [6.07, 6.45) is 6.15. The van der Waals surface area contributed by atoms with Gasteiger partial charge in [-0.2, -0.15) is 0 Å². The Hall–Kier alpha value is -1.10. The first-order valence-corrected chi connectivity index (χ1v) is 6.35. The van der Waals surface area contributed by atoms with Crippen molar-refractivity contribution in [2.24, 2.45) is 11.8 Å². The monoisotopic (exact) mass is 241 g/mol. The summed E-state index contributed by atoms with van der Waals surface area (Å²) in [6, 6.07) is 0. The number of hydrogen-bond donors (Lipinski definition) is 2. The maximum Gasteiger partial charge on any atom is 0.306 e. The average Bonchev–Trinajstić information content (AvgIpc) is 2.96. The Morgan fingerprint density at radius 1 is 1.06 bits per heavy atom. The molecule has 2 rings (SSSR count). The molecular weight excluding hydrogens is 222 g/mol. The predicted molar refractivity (Wildman–Crippen MR) is 60.0 cm³/mol. The number of hydrogen-bond acceptors (Lipinski definition) is 3. The van der Waals surface area contributed by atoms with Crippen LogP contribution < -0.4 is 5.48 Å². The van der Waals surface area contributed by atoms with Gasteiger partial charge in [0.1, 0.15) is 0 Å². The van der Waals surface area contributed by atoms with Crippen LogP contribution in [0.1, 0.15) is 44.9 Å². The number of carboxylic acids is 1. The van der Waals surface area contributed by atoms with Gasteiger partial charge in [0.2, 0.25) is 5.91 Å². The SMILES string of the molecule is O=C(O)C1CCC(C(=O)NOC2CCCC2)C1. The molecule has 96 valence electrons. The topological polar surface area (TPSA) is 75.6 Å². The van der Waals surface area contributed by atoms with Gasteiger partial charge in [0.25, 0.3) is 0 Å². The van der Waals surface area contributed by atoms with E-state index in [1.165, 1.54) is 0 Å². The highest BCUT2D eigenvalue weighted by molar-refractivity contribution is 5.80. The third-order valence-electron chi connectivity index (χ3n) is 3.78. The molecule has 2 unspecified atom stereocenters. The molecule has 0 radical (unpaired) electrons. The van der Waals surface area contributed by atoms with Crippen molar-refractivity contribution in [1.82, 2.24) is 5.48 Å². The molecule has 1 amide bonds. The molecule has 0 aromatic heterocycles. The summed E-state index contributed by atoms with van der Waals surface area (Å²) >= 11 is 0. The van der Waals surface area contributed by atoms with Gasteiger partial charge in [-0.3, -0.25) is 14.4 Å². The van der Waals surface area contributed by atoms with Gasteiger partial charge in [-0.05, 0) is 32.1 Å². The second-order valence-corrected chi connectivity index (χ2v) is 5.04. The summed E-state index contributed by atoms with van der Waals surface area (Å²) in [4.78, 5) is 27.8. The summed E-state index contributed by atoms with van der Waals surface area (Å²) in [5, 5.41) is 8.85. The van der Waals surface area contributed by atoms with Crippen LogP contribution in [0.2, 0.25) is 0 Å². The third kappa shape index (κ3) is 3.19. The van der Waals surface area contributed by atoms with Crippen LogP contribution in [0.3, 0.4) is 0 Å². The van der Waals surface area contributed by atoms with Crippen LogP contribution in [0, 0.1) is 11.8 Å². The van der Waals surface area contributed by atoms with E-state index in [1.807, 2.05) is 0 Å². The van der Waals surface area contributed by atoms with Gasteiger partial charge in [-0.25, -0.2) is 5.48 Å². The van der Waals surface area contributed by atoms with Crippen LogP contribution >= 0.6 is 0 Å². The number of carbonyl (C=O) groups excluding carboxylic acids is 1. The van der Waals surface area contributed by atoms with Crippen LogP contribution in [0.15, 0.2) is 0 Å². The van der Waals surface area contributed by atoms with Crippen LogP contribution in [-0.2, 0) is 14.4 Å². The van der Waals surface area contributed by atoms with Crippen LogP contribution in [0.5, 0.6) is 0 Å². The summed E-state index contributed by atoms with van der Waals surface area (Å²) in [5.74, 6) is -1.51. The molecule has 0 heterocycles. The van der Waals surface area contributed by atoms with Gasteiger partial charge < -0.3 is 5.11 Å². The summed E-state index contributed by atoms with van der Waals surface area (Å²) in [5.41, 5.74) is 2.49. The summed E-state index contributed by atoms with van der Waals surface area (Å²) in [7, 11) is 0. The molecule has 17 heavy (non-hydrogen) atoms. The first kappa shape index (κ1) is 12.4. The van der Waals surface area contributed by atoms with E-state index in [0.717, 1.165) is 25.7 Å². The molecule has 0 aromatic rings. The highest BCUT2D eigenvalue weighted by Crippen LogP contribution is 2.31. The highest BCUT2D eigenvalue weighted by Gasteiger charge is 2.34. The standard InChI is InChI=1S/C12H19NO4/c14-11(13-17-10-3-1-2-4-10)8-5-6-9(7-8)12(15)16/h8-10H,1-7H2,(H,13,14)(H,15,16). The van der Waals surface area contributed by atoms with Gasteiger partial charge in [0.05, 0.1) is 12.0 Å². The van der Waals surface area contributed by atoms with Crippen molar-refractivity contribution in [1.29, 1.82) is 0 Å². The molecule has 0 aliphatic heterocycles. The van der Waals surface area contributed by atoms with Crippen LogP contribution in [0.25, 0.3) is 0 Å². The lowest BCUT2D eigenvalue weighted by Gasteiger charge is -2.14. The lowest BCUT2D eigenvalue weighted by molar-refractivity contribution is -0.143. The molecular formula is C12H19NO4. The Balaban J connectivity index is 1.71. The van der Waals surface area contributed by atoms with Crippen LogP contribution in [0.4, 0.5) is 0 Å². The van der Waals surface area contributed by atoms with E-state index < -0.39 is 5.97 Å². The smallest absolute Gasteiger partial charge is 0.306 e. The van der Waals surface area contributed by atoms with E-state index in [4.69, 9.17) is 9.94 Å². The molecule has 2 aliphatic carbocycles. The van der Waals surface area contributed by atoms with Crippen molar-refractivity contribution in [2.45, 2.75) is 51.0 Å². The number of nitrogens with one attached hydrogen (secondary N) is 1. The molecule has 2 saturated carbocycles. The van der Waals surface area contributed by atoms with E-state index in [-0.39, 0.29) is 23.8 Å². The van der Waals surface area contributed by atoms with E-state index in [1.54, 1.807) is 0 Å². The molecule has 0 saturated heterocycles. The van der Waals surface area contributed by atoms with Gasteiger partial charge in [0, 0.05) is 5.92 Å². The largest absolute Gasteiger partial charge is 0.481 e. The molecule has 5 nitrogen and oxygen atoms in total. The fraction of sp³-hybridized carbons (Fsp3) is 0.833. The number of rotatable bonds is 4. The summed E-state index contributed by atoms with van der Waals surface area (Å²) in [6.45, 7) is 0. The minimum absolute atomic E-state index is 0.149. The molecule has 2 N–H and O–H groups in total. The fourth-order valence-electron chi connectivity index (χ4n) is 2.67. The number of hydroxylamine groups is 1. The van der Waals surface area contributed by atoms with E-state index in [0.29, 0.717) is 19.3 Å². The van der Waals surface area contributed by atoms with Crippen molar-refractivity contribution in [3.8, 4) is 0 Å². The maximum atomic E-state index is 11.7. The van der Waals surface area contributed by atoms with Crippen molar-refractivity contribution in [2.75, 3.05) is 0 Å². The first-order chi connectivity index (χ1) is 8.16. The zero-order valence-corrected chi connectivity index (χ0v) is 9.85. The Bertz CT molecular complexity index is 299. The zero-order valence-electron chi connectivity index (χ0n) is 9.85. The van der Waals surface area contributed by atoms with E-state index in [2.05, 4.69) is 5.48 Å². The van der Waals surface area contributed by atoms with Crippen LogP contribution in [-0.4, -0.2) is 23.1 Å². The molecule has 2 fully saturated rings. The normalized spacial score (nSPS) is 29.4. The average molecular weight is 241 g/mol. The zero-order chi connectivity index (χ0) is 12.3. The molecule has 5 heteroatoms. The lowest BCUT2D eigenvalue weighted by Crippen LogP contribution is -2.33. The Morgan fingerprint density at radius 2 is 1.71 bits per heavy atom. The van der Waals surface area contributed by atoms with Gasteiger partial charge in [-0.1, -0.05) is 12.8 Å². The molecule has 0 spiro atoms. The molecule has 2 aliphatic rings. The lowest BCUT2D eigenvalue weighted by atomic mass is 10.1. The number of aliphatic carboxylic acids is 1. The maximum absolute atomic E-state index is 11.7. The van der Waals surface area contributed by atoms with E-state index in [9.17, 15) is 9.59 Å². The second kappa shape index (κ2) is 5.49. The van der Waals surface area contributed by atoms with Crippen molar-refractivity contribution < 1.29 is 19.5 Å². The first-order valence-electron chi connectivity index (χ1n) is 6.35. The highest BCUT2D eigenvalue weighted by atomic mass is 16.7. The van der Waals surface area contributed by atoms with Crippen molar-refractivity contribution in [3.05, 3.63) is 0 Å². The van der Waals surface area contributed by atoms with Crippen molar-refractivity contribution >= 4 is 11.9 Å². The quantitative estimate of drug-likeness (QED) is 0.731. The molecule has 2 atom stereocenters. The minimum Gasteiger partial charge on any atom is -0.481 e. The number of carboxylic acid groups (broad SMARTS) is 1. The third-order valence-corrected chi connectivity index (χ3v) is 3.78. The minimum atomic E-state index is -0.794. The fourth-order valence-corrected chi connectivity index (χ4v) is 2.67. The Labute approximate surface area is 100 Å². The van der Waals surface area contributed by atoms with Crippen molar-refractivity contribution in [3.63, 3.8) is 0 Å². The van der Waals surface area contributed by atoms with Gasteiger partial charge in [0.15, 0.2) is 0 Å². The summed E-state index contributed by atoms with van der Waals surface area (Å²) < 4.78 is 0. The van der Waals surface area contributed by atoms with Gasteiger partial charge in [-0.15, -0.1) is 0 Å². The molecule has 0 bridgehead atoms. The number of carbonyl (C=O) groups is 2. The Kier molecular flexibility index (Phi) is 3.99. The Morgan fingerprint density at radius 3 is 2.29 bits per heavy atom. The van der Waals surface area contributed by atoms with E-state index >= 15 is 0 Å². The molecule has 0 aromatic carbocycles. The van der Waals surface area contributed by atoms with Gasteiger partial charge >= 0.3 is 5.97 Å². The predicted octanol–water partition coefficient (Wildman–Crippen LogP) is 1.48. The second-order valence-electron chi connectivity index (χ2n) is 5.04. The number of amides is 1.